The third-order valence-corrected chi connectivity index (χ3v) is 19.0. The second kappa shape index (κ2) is 20.2. The standard InChI is InChI=1S/C76H64N4O4/c1-5-9-21-45(7-3)43-77-73(81)55-35-33-53-68-58(48-32-38-66-60(40-48)52-28-18-20-30-64(52)80(66)50-25-15-12-16-26-50)42-62-70-56(74(82)78(76(62)84)44-46(8-4)22-10-6-2)36-34-54(72(68)70)67-57(41-61(75(77)83)69(55)71(53)67)47-31-37-65-59(39-47)51-27-17-19-29-63(51)79(65)49-23-13-11-14-24-49/h11-20,23-42,45-46H,5-10,21-22,43-44H2,1-4H3. The van der Waals surface area contributed by atoms with Crippen LogP contribution in [0.4, 0.5) is 0 Å². The number of fused-ring (bicyclic) bond motifs is 8. The summed E-state index contributed by atoms with van der Waals surface area (Å²) in [4.78, 5) is 65.0. The van der Waals surface area contributed by atoms with E-state index in [1.165, 1.54) is 9.80 Å². The van der Waals surface area contributed by atoms with Crippen molar-refractivity contribution in [1.82, 2.24) is 18.9 Å². The molecule has 0 radical (unpaired) electrons. The summed E-state index contributed by atoms with van der Waals surface area (Å²) < 4.78 is 4.62. The Morgan fingerprint density at radius 1 is 0.321 bits per heavy atom. The van der Waals surface area contributed by atoms with Crippen LogP contribution in [0.1, 0.15) is 120 Å². The Bertz CT molecular complexity index is 4590. The number of aromatic nitrogens is 2. The van der Waals surface area contributed by atoms with Crippen molar-refractivity contribution >= 4 is 110 Å². The molecule has 412 valence electrons. The molecular weight excluding hydrogens is 1030 g/mol. The number of imide groups is 2. The third-order valence-electron chi connectivity index (χ3n) is 19.0. The molecule has 0 fully saturated rings. The van der Waals surface area contributed by atoms with E-state index in [1.807, 2.05) is 36.4 Å². The van der Waals surface area contributed by atoms with E-state index >= 15 is 19.2 Å². The van der Waals surface area contributed by atoms with E-state index < -0.39 is 0 Å². The van der Waals surface area contributed by atoms with Crippen LogP contribution in [-0.4, -0.2) is 55.7 Å². The first-order valence-electron chi connectivity index (χ1n) is 30.4. The van der Waals surface area contributed by atoms with Gasteiger partial charge in [-0.1, -0.05) is 163 Å². The van der Waals surface area contributed by atoms with Crippen LogP contribution in [0.15, 0.2) is 182 Å². The minimum atomic E-state index is -0.286. The molecule has 0 N–H and O–H groups in total. The third kappa shape index (κ3) is 7.65. The van der Waals surface area contributed by atoms with Crippen molar-refractivity contribution in [2.45, 2.75) is 79.1 Å². The summed E-state index contributed by atoms with van der Waals surface area (Å²) in [6.07, 6.45) is 7.68. The zero-order chi connectivity index (χ0) is 57.1. The lowest BCUT2D eigenvalue weighted by atomic mass is 9.77. The van der Waals surface area contributed by atoms with Crippen LogP contribution in [0.2, 0.25) is 0 Å². The van der Waals surface area contributed by atoms with Crippen molar-refractivity contribution in [3.63, 3.8) is 0 Å². The van der Waals surface area contributed by atoms with Gasteiger partial charge in [-0.15, -0.1) is 0 Å². The average molecular weight is 1100 g/mol. The Hall–Kier alpha value is -9.40. The van der Waals surface area contributed by atoms with Gasteiger partial charge in [-0.3, -0.25) is 29.0 Å². The number of hydrogen-bond acceptors (Lipinski definition) is 4. The quantitative estimate of drug-likeness (QED) is 0.0548. The lowest BCUT2D eigenvalue weighted by molar-refractivity contribution is 0.0565. The van der Waals surface area contributed by atoms with Crippen LogP contribution in [0.25, 0.3) is 120 Å². The largest absolute Gasteiger partial charge is 0.309 e. The number of carbonyl (C=O) groups is 4. The van der Waals surface area contributed by atoms with Crippen LogP contribution in [0.5, 0.6) is 0 Å². The van der Waals surface area contributed by atoms with Gasteiger partial charge in [-0.05, 0) is 164 Å². The van der Waals surface area contributed by atoms with E-state index in [-0.39, 0.29) is 35.5 Å². The predicted octanol–water partition coefficient (Wildman–Crippen LogP) is 18.9. The molecular formula is C76H64N4O4. The monoisotopic (exact) mass is 1100 g/mol. The van der Waals surface area contributed by atoms with Crippen LogP contribution in [0.3, 0.4) is 0 Å². The van der Waals surface area contributed by atoms with Crippen molar-refractivity contribution in [3.05, 3.63) is 204 Å². The second-order valence-electron chi connectivity index (χ2n) is 23.6. The van der Waals surface area contributed by atoms with Gasteiger partial charge in [0.1, 0.15) is 0 Å². The highest BCUT2D eigenvalue weighted by Gasteiger charge is 2.40. The molecule has 11 aromatic carbocycles. The molecule has 0 saturated heterocycles. The lowest BCUT2D eigenvalue weighted by Crippen LogP contribution is -2.43. The molecule has 2 aliphatic rings. The lowest BCUT2D eigenvalue weighted by Gasteiger charge is -2.33. The van der Waals surface area contributed by atoms with Crippen molar-refractivity contribution in [1.29, 1.82) is 0 Å². The highest BCUT2D eigenvalue weighted by atomic mass is 16.2. The Labute approximate surface area is 487 Å². The number of hydrogen-bond donors (Lipinski definition) is 0. The van der Waals surface area contributed by atoms with E-state index in [0.29, 0.717) is 46.1 Å². The molecule has 8 heteroatoms. The van der Waals surface area contributed by atoms with Gasteiger partial charge in [0.15, 0.2) is 0 Å². The summed E-state index contributed by atoms with van der Waals surface area (Å²) in [5.74, 6) is -0.804. The normalized spacial score (nSPS) is 14.4. The minimum Gasteiger partial charge on any atom is -0.309 e. The van der Waals surface area contributed by atoms with Gasteiger partial charge in [0.25, 0.3) is 23.6 Å². The molecule has 2 atom stereocenters. The summed E-state index contributed by atoms with van der Waals surface area (Å²) in [5, 5.41) is 10.7. The summed E-state index contributed by atoms with van der Waals surface area (Å²) in [6, 6.07) is 63.3. The van der Waals surface area contributed by atoms with Crippen molar-refractivity contribution < 1.29 is 19.2 Å². The van der Waals surface area contributed by atoms with Gasteiger partial charge < -0.3 is 9.13 Å². The first kappa shape index (κ1) is 51.5. The van der Waals surface area contributed by atoms with E-state index in [1.54, 1.807) is 0 Å². The highest BCUT2D eigenvalue weighted by Crippen LogP contribution is 2.53. The van der Waals surface area contributed by atoms with Gasteiger partial charge in [0.2, 0.25) is 0 Å². The predicted molar refractivity (Wildman–Crippen MR) is 345 cm³/mol. The van der Waals surface area contributed by atoms with Crippen molar-refractivity contribution in [3.8, 4) is 33.6 Å². The van der Waals surface area contributed by atoms with Crippen LogP contribution >= 0.6 is 0 Å². The van der Waals surface area contributed by atoms with Crippen molar-refractivity contribution in [2.75, 3.05) is 13.1 Å². The number of rotatable bonds is 16. The molecule has 2 unspecified atom stereocenters. The molecule has 84 heavy (non-hydrogen) atoms. The SMILES string of the molecule is CCCCC(CC)CN1C(=O)c2ccc3c4c(-c5ccc6c(c5)c5ccccc5n6-c5ccccc5)cc5c6c(ccc(c7c(-c8ccc9c(c8)c8ccccc8n9-c8ccccc8)cc(c2c37)C1=O)c64)C(=O)N(CC(CC)CCCC)C5=O. The number of nitrogens with zero attached hydrogens (tertiary/aromatic N) is 4. The number of benzene rings is 11. The zero-order valence-electron chi connectivity index (χ0n) is 48.0. The number of para-hydroxylation sites is 4. The van der Waals surface area contributed by atoms with Crippen molar-refractivity contribution in [2.24, 2.45) is 11.8 Å². The Morgan fingerprint density at radius 2 is 0.702 bits per heavy atom. The highest BCUT2D eigenvalue weighted by molar-refractivity contribution is 6.44. The smallest absolute Gasteiger partial charge is 0.261 e. The Balaban J connectivity index is 1.07. The molecule has 15 rings (SSSR count). The minimum absolute atomic E-state index is 0.162. The van der Waals surface area contributed by atoms with Crippen LogP contribution in [0, 0.1) is 11.8 Å². The van der Waals surface area contributed by atoms with Gasteiger partial charge in [-0.25, -0.2) is 0 Å². The topological polar surface area (TPSA) is 84.6 Å². The van der Waals surface area contributed by atoms with E-state index in [9.17, 15) is 0 Å². The molecule has 0 spiro atoms. The number of carbonyl (C=O) groups excluding carboxylic acids is 4. The number of unbranched alkanes of at least 4 members (excludes halogenated alkanes) is 2. The van der Waals surface area contributed by atoms with Gasteiger partial charge in [0, 0.05) is 79.0 Å². The van der Waals surface area contributed by atoms with Gasteiger partial charge in [-0.2, -0.15) is 0 Å². The fourth-order valence-electron chi connectivity index (χ4n) is 14.7. The van der Waals surface area contributed by atoms with Crippen LogP contribution < -0.4 is 0 Å². The molecule has 2 aliphatic heterocycles. The second-order valence-corrected chi connectivity index (χ2v) is 23.6. The molecule has 8 nitrogen and oxygen atoms in total. The van der Waals surface area contributed by atoms with E-state index in [2.05, 4.69) is 182 Å². The average Bonchev–Trinajstić information content (AvgIpc) is 1.31. The Kier molecular flexibility index (Phi) is 12.4. The molecule has 2 aromatic heterocycles. The molecule has 13 aromatic rings. The van der Waals surface area contributed by atoms with Gasteiger partial charge >= 0.3 is 0 Å². The fourth-order valence-corrected chi connectivity index (χ4v) is 14.7. The summed E-state index contributed by atoms with van der Waals surface area (Å²) in [7, 11) is 0. The van der Waals surface area contributed by atoms with Crippen LogP contribution in [-0.2, 0) is 0 Å². The Morgan fingerprint density at radius 3 is 1.11 bits per heavy atom. The summed E-state index contributed by atoms with van der Waals surface area (Å²) in [6.45, 7) is 9.36. The molecule has 0 saturated carbocycles. The molecule has 4 heterocycles. The summed E-state index contributed by atoms with van der Waals surface area (Å²) in [5.41, 5.74) is 11.9. The first-order chi connectivity index (χ1) is 41.2. The fraction of sp³-hybridized carbons (Fsp3) is 0.211. The first-order valence-corrected chi connectivity index (χ1v) is 30.4. The summed E-state index contributed by atoms with van der Waals surface area (Å²) >= 11 is 0. The maximum absolute atomic E-state index is 15.7. The maximum Gasteiger partial charge on any atom is 0.261 e. The number of amides is 4. The van der Waals surface area contributed by atoms with E-state index in [0.717, 1.165) is 161 Å². The molecule has 0 bridgehead atoms. The van der Waals surface area contributed by atoms with E-state index in [4.69, 9.17) is 0 Å². The van der Waals surface area contributed by atoms with Gasteiger partial charge in [0.05, 0.1) is 22.1 Å². The maximum atomic E-state index is 15.7. The molecule has 0 aliphatic carbocycles. The zero-order valence-corrected chi connectivity index (χ0v) is 48.0. The molecule has 4 amide bonds.